The Hall–Kier alpha value is -1.56. The molecule has 134 valence electrons. The summed E-state index contributed by atoms with van der Waals surface area (Å²) in [6.07, 6.45) is 2.29. The van der Waals surface area contributed by atoms with Crippen LogP contribution in [-0.4, -0.2) is 39.7 Å². The first-order valence-electron chi connectivity index (χ1n) is 8.40. The summed E-state index contributed by atoms with van der Waals surface area (Å²) in [5.74, 6) is 0.107. The molecule has 25 heavy (non-hydrogen) atoms. The third-order valence-electron chi connectivity index (χ3n) is 4.73. The van der Waals surface area contributed by atoms with Crippen LogP contribution in [0, 0.1) is 13.8 Å². The fourth-order valence-corrected chi connectivity index (χ4v) is 3.59. The highest BCUT2D eigenvalue weighted by atomic mass is 35.5. The van der Waals surface area contributed by atoms with Gasteiger partial charge in [-0.15, -0.1) is 0 Å². The number of halogens is 2. The Bertz CT molecular complexity index is 803. The first-order chi connectivity index (χ1) is 11.9. The predicted molar refractivity (Wildman–Crippen MR) is 101 cm³/mol. The summed E-state index contributed by atoms with van der Waals surface area (Å²) >= 11 is 12.1. The Labute approximate surface area is 157 Å². The SMILES string of the molecule is Cc1nn(-c2ccc(Cl)c(Cl)c2)c(C)c1CC(=O)N1CCCC(N)C1. The Morgan fingerprint density at radius 2 is 2.08 bits per heavy atom. The second-order valence-electron chi connectivity index (χ2n) is 6.58. The molecule has 2 N–H and O–H groups in total. The molecule has 1 aliphatic heterocycles. The molecule has 0 aliphatic carbocycles. The number of nitrogens with zero attached hydrogens (tertiary/aromatic N) is 3. The molecule has 1 unspecified atom stereocenters. The van der Waals surface area contributed by atoms with Crippen molar-refractivity contribution in [2.45, 2.75) is 39.2 Å². The van der Waals surface area contributed by atoms with Gasteiger partial charge in [-0.3, -0.25) is 4.79 Å². The second kappa shape index (κ2) is 7.36. The largest absolute Gasteiger partial charge is 0.341 e. The Morgan fingerprint density at radius 3 is 2.76 bits per heavy atom. The van der Waals surface area contributed by atoms with E-state index in [-0.39, 0.29) is 11.9 Å². The van der Waals surface area contributed by atoms with E-state index in [1.165, 1.54) is 0 Å². The molecular weight excluding hydrogens is 359 g/mol. The van der Waals surface area contributed by atoms with E-state index in [4.69, 9.17) is 28.9 Å². The van der Waals surface area contributed by atoms with Crippen molar-refractivity contribution in [2.24, 2.45) is 5.73 Å². The molecule has 2 aromatic rings. The molecule has 0 saturated carbocycles. The van der Waals surface area contributed by atoms with E-state index in [1.54, 1.807) is 12.1 Å². The summed E-state index contributed by atoms with van der Waals surface area (Å²) in [6.45, 7) is 5.31. The molecule has 0 spiro atoms. The van der Waals surface area contributed by atoms with Gasteiger partial charge in [-0.25, -0.2) is 4.68 Å². The average Bonchev–Trinajstić information content (AvgIpc) is 2.85. The van der Waals surface area contributed by atoms with E-state index in [9.17, 15) is 4.79 Å². The van der Waals surface area contributed by atoms with Gasteiger partial charge in [0.2, 0.25) is 5.91 Å². The highest BCUT2D eigenvalue weighted by Gasteiger charge is 2.24. The van der Waals surface area contributed by atoms with Crippen molar-refractivity contribution >= 4 is 29.1 Å². The van der Waals surface area contributed by atoms with E-state index < -0.39 is 0 Å². The van der Waals surface area contributed by atoms with Crippen LogP contribution >= 0.6 is 23.2 Å². The maximum Gasteiger partial charge on any atom is 0.227 e. The lowest BCUT2D eigenvalue weighted by Gasteiger charge is -2.30. The standard InChI is InChI=1S/C18H22Cl2N4O/c1-11-15(9-18(25)23-7-3-4-13(21)10-23)12(2)24(22-11)14-5-6-16(19)17(20)8-14/h5-6,8,13H,3-4,7,9-10,21H2,1-2H3. The van der Waals surface area contributed by atoms with E-state index >= 15 is 0 Å². The first kappa shape index (κ1) is 18.2. The topological polar surface area (TPSA) is 64.2 Å². The Kier molecular flexibility index (Phi) is 5.37. The van der Waals surface area contributed by atoms with Gasteiger partial charge in [0.1, 0.15) is 0 Å². The molecule has 7 heteroatoms. The van der Waals surface area contributed by atoms with Crippen LogP contribution in [0.25, 0.3) is 5.69 Å². The van der Waals surface area contributed by atoms with Crippen LogP contribution < -0.4 is 5.73 Å². The second-order valence-corrected chi connectivity index (χ2v) is 7.39. The number of piperidine rings is 1. The predicted octanol–water partition coefficient (Wildman–Crippen LogP) is 3.29. The van der Waals surface area contributed by atoms with Gasteiger partial charge in [0.25, 0.3) is 0 Å². The van der Waals surface area contributed by atoms with Crippen molar-refractivity contribution < 1.29 is 4.79 Å². The van der Waals surface area contributed by atoms with Gasteiger partial charge in [-0.2, -0.15) is 5.10 Å². The monoisotopic (exact) mass is 380 g/mol. The molecule has 1 saturated heterocycles. The van der Waals surface area contributed by atoms with Crippen LogP contribution in [0.15, 0.2) is 18.2 Å². The summed E-state index contributed by atoms with van der Waals surface area (Å²) in [4.78, 5) is 14.5. The fourth-order valence-electron chi connectivity index (χ4n) is 3.30. The molecule has 3 rings (SSSR count). The maximum atomic E-state index is 12.7. The molecular formula is C18H22Cl2N4O. The normalized spacial score (nSPS) is 17.8. The van der Waals surface area contributed by atoms with Gasteiger partial charge >= 0.3 is 0 Å². The molecule has 2 heterocycles. The number of aryl methyl sites for hydroxylation is 1. The summed E-state index contributed by atoms with van der Waals surface area (Å²) in [5.41, 5.74) is 9.55. The summed E-state index contributed by atoms with van der Waals surface area (Å²) in [5, 5.41) is 5.57. The molecule has 0 radical (unpaired) electrons. The van der Waals surface area contributed by atoms with Gasteiger partial charge in [-0.05, 0) is 44.9 Å². The van der Waals surface area contributed by atoms with Crippen LogP contribution in [-0.2, 0) is 11.2 Å². The molecule has 1 aromatic heterocycles. The number of hydrogen-bond acceptors (Lipinski definition) is 3. The van der Waals surface area contributed by atoms with Crippen molar-refractivity contribution in [1.82, 2.24) is 14.7 Å². The quantitative estimate of drug-likeness (QED) is 0.888. The number of carbonyl (C=O) groups excluding carboxylic acids is 1. The van der Waals surface area contributed by atoms with Crippen LogP contribution in [0.4, 0.5) is 0 Å². The number of nitrogens with two attached hydrogens (primary N) is 1. The fraction of sp³-hybridized carbons (Fsp3) is 0.444. The van der Waals surface area contributed by atoms with Gasteiger partial charge in [0, 0.05) is 30.4 Å². The minimum absolute atomic E-state index is 0.0822. The zero-order chi connectivity index (χ0) is 18.1. The zero-order valence-electron chi connectivity index (χ0n) is 14.4. The molecule has 1 aliphatic rings. The Morgan fingerprint density at radius 1 is 1.32 bits per heavy atom. The van der Waals surface area contributed by atoms with E-state index in [0.717, 1.165) is 42.0 Å². The minimum Gasteiger partial charge on any atom is -0.341 e. The van der Waals surface area contributed by atoms with Crippen LogP contribution in [0.5, 0.6) is 0 Å². The van der Waals surface area contributed by atoms with Crippen molar-refractivity contribution in [3.05, 3.63) is 45.2 Å². The lowest BCUT2D eigenvalue weighted by Crippen LogP contribution is -2.46. The highest BCUT2D eigenvalue weighted by molar-refractivity contribution is 6.42. The third kappa shape index (κ3) is 3.84. The molecule has 5 nitrogen and oxygen atoms in total. The van der Waals surface area contributed by atoms with Gasteiger partial charge in [0.05, 0.1) is 27.8 Å². The molecule has 1 aromatic carbocycles. The molecule has 1 fully saturated rings. The molecule has 0 bridgehead atoms. The number of rotatable bonds is 3. The first-order valence-corrected chi connectivity index (χ1v) is 9.16. The average molecular weight is 381 g/mol. The van der Waals surface area contributed by atoms with Crippen molar-refractivity contribution in [1.29, 1.82) is 0 Å². The number of amides is 1. The third-order valence-corrected chi connectivity index (χ3v) is 5.47. The van der Waals surface area contributed by atoms with Crippen LogP contribution in [0.2, 0.25) is 10.0 Å². The van der Waals surface area contributed by atoms with Crippen LogP contribution in [0.3, 0.4) is 0 Å². The maximum absolute atomic E-state index is 12.7. The number of likely N-dealkylation sites (tertiary alicyclic amines) is 1. The number of benzene rings is 1. The summed E-state index contributed by atoms with van der Waals surface area (Å²) in [6, 6.07) is 5.47. The highest BCUT2D eigenvalue weighted by Crippen LogP contribution is 2.26. The zero-order valence-corrected chi connectivity index (χ0v) is 15.9. The van der Waals surface area contributed by atoms with E-state index in [0.29, 0.717) is 23.0 Å². The van der Waals surface area contributed by atoms with Crippen molar-refractivity contribution in [3.8, 4) is 5.69 Å². The van der Waals surface area contributed by atoms with E-state index in [1.807, 2.05) is 29.5 Å². The van der Waals surface area contributed by atoms with Crippen LogP contribution in [0.1, 0.15) is 29.8 Å². The smallest absolute Gasteiger partial charge is 0.227 e. The van der Waals surface area contributed by atoms with Crippen molar-refractivity contribution in [3.63, 3.8) is 0 Å². The molecule has 1 amide bonds. The molecule has 1 atom stereocenters. The van der Waals surface area contributed by atoms with Gasteiger partial charge in [-0.1, -0.05) is 23.2 Å². The lowest BCUT2D eigenvalue weighted by atomic mass is 10.0. The van der Waals surface area contributed by atoms with Crippen molar-refractivity contribution in [2.75, 3.05) is 13.1 Å². The number of hydrogen-bond donors (Lipinski definition) is 1. The van der Waals surface area contributed by atoms with Gasteiger partial charge in [0.15, 0.2) is 0 Å². The minimum atomic E-state index is 0.0822. The number of carbonyl (C=O) groups is 1. The lowest BCUT2D eigenvalue weighted by molar-refractivity contribution is -0.131. The van der Waals surface area contributed by atoms with Gasteiger partial charge < -0.3 is 10.6 Å². The summed E-state index contributed by atoms with van der Waals surface area (Å²) < 4.78 is 1.81. The summed E-state index contributed by atoms with van der Waals surface area (Å²) in [7, 11) is 0. The Balaban J connectivity index is 1.84. The number of aromatic nitrogens is 2. The van der Waals surface area contributed by atoms with E-state index in [2.05, 4.69) is 5.10 Å².